The summed E-state index contributed by atoms with van der Waals surface area (Å²) in [5.41, 5.74) is 4.05. The molecule has 0 unspecified atom stereocenters. The number of carbonyl (C=O) groups excluding carboxylic acids is 1. The molecule has 2 amide bonds. The van der Waals surface area contributed by atoms with Gasteiger partial charge < -0.3 is 15.1 Å². The number of nitrogens with zero attached hydrogens (tertiary/aromatic N) is 3. The number of likely N-dealkylation sites (tertiary alicyclic amines) is 1. The number of nitriles is 1. The van der Waals surface area contributed by atoms with E-state index in [1.165, 1.54) is 31.0 Å². The number of rotatable bonds is 7. The quantitative estimate of drug-likeness (QED) is 0.445. The minimum Gasteiger partial charge on any atom is -0.319 e. The highest BCUT2D eigenvalue weighted by Gasteiger charge is 2.18. The SMILES string of the molecule is N#Cc1cccc(-c2ccc(CN(CCN3CCCC3)C(=O)Nc3ccc(F)c(Cl)c3)cc2)c1. The highest BCUT2D eigenvalue weighted by Crippen LogP contribution is 2.23. The molecule has 1 aliphatic heterocycles. The minimum atomic E-state index is -0.522. The Kier molecular flexibility index (Phi) is 7.79. The second-order valence-corrected chi connectivity index (χ2v) is 8.83. The second-order valence-electron chi connectivity index (χ2n) is 8.42. The van der Waals surface area contributed by atoms with Gasteiger partial charge in [0.1, 0.15) is 5.82 Å². The molecule has 0 saturated carbocycles. The van der Waals surface area contributed by atoms with Gasteiger partial charge in [-0.05, 0) is 73.0 Å². The summed E-state index contributed by atoms with van der Waals surface area (Å²) in [7, 11) is 0. The van der Waals surface area contributed by atoms with Gasteiger partial charge >= 0.3 is 6.03 Å². The first-order valence-electron chi connectivity index (χ1n) is 11.3. The molecule has 174 valence electrons. The van der Waals surface area contributed by atoms with Gasteiger partial charge in [-0.25, -0.2) is 9.18 Å². The normalized spacial score (nSPS) is 13.4. The summed E-state index contributed by atoms with van der Waals surface area (Å²) in [6.07, 6.45) is 2.38. The third kappa shape index (κ3) is 6.13. The number of anilines is 1. The number of benzene rings is 3. The molecular weight excluding hydrogens is 451 g/mol. The Hall–Kier alpha value is -3.40. The van der Waals surface area contributed by atoms with E-state index in [-0.39, 0.29) is 11.1 Å². The zero-order chi connectivity index (χ0) is 23.9. The number of hydrogen-bond acceptors (Lipinski definition) is 3. The van der Waals surface area contributed by atoms with Crippen molar-refractivity contribution in [3.05, 3.63) is 88.7 Å². The predicted molar refractivity (Wildman–Crippen MR) is 133 cm³/mol. The molecule has 1 aliphatic rings. The molecule has 0 atom stereocenters. The van der Waals surface area contributed by atoms with E-state index in [2.05, 4.69) is 16.3 Å². The molecule has 0 bridgehead atoms. The predicted octanol–water partition coefficient (Wildman–Crippen LogP) is 6.15. The van der Waals surface area contributed by atoms with E-state index in [1.807, 2.05) is 42.5 Å². The number of amides is 2. The minimum absolute atomic E-state index is 0.0301. The van der Waals surface area contributed by atoms with Crippen LogP contribution in [0, 0.1) is 17.1 Å². The zero-order valence-corrected chi connectivity index (χ0v) is 19.6. The standard InChI is InChI=1S/C27H26ClFN4O/c28-25-17-24(10-11-26(25)29)31-27(34)33(15-14-32-12-1-2-13-32)19-20-6-8-22(9-7-20)23-5-3-4-21(16-23)18-30/h3-11,16-17H,1-2,12-15,19H2,(H,31,34). The summed E-state index contributed by atoms with van der Waals surface area (Å²) >= 11 is 5.87. The molecule has 0 radical (unpaired) electrons. The van der Waals surface area contributed by atoms with E-state index in [1.54, 1.807) is 11.0 Å². The van der Waals surface area contributed by atoms with Crippen LogP contribution >= 0.6 is 11.6 Å². The van der Waals surface area contributed by atoms with Gasteiger partial charge in [0.05, 0.1) is 16.7 Å². The van der Waals surface area contributed by atoms with Crippen LogP contribution in [0.4, 0.5) is 14.9 Å². The summed E-state index contributed by atoms with van der Waals surface area (Å²) in [5, 5.41) is 12.0. The molecule has 3 aromatic rings. The lowest BCUT2D eigenvalue weighted by Crippen LogP contribution is -2.40. The lowest BCUT2D eigenvalue weighted by molar-refractivity contribution is 0.198. The van der Waals surface area contributed by atoms with Gasteiger partial charge in [0.15, 0.2) is 0 Å². The summed E-state index contributed by atoms with van der Waals surface area (Å²) in [6, 6.07) is 21.6. The van der Waals surface area contributed by atoms with Crippen molar-refractivity contribution < 1.29 is 9.18 Å². The van der Waals surface area contributed by atoms with E-state index in [0.717, 1.165) is 36.3 Å². The maximum atomic E-state index is 13.5. The Morgan fingerprint density at radius 3 is 2.53 bits per heavy atom. The van der Waals surface area contributed by atoms with Gasteiger partial charge in [0.2, 0.25) is 0 Å². The molecule has 0 spiro atoms. The van der Waals surface area contributed by atoms with Crippen molar-refractivity contribution in [3.63, 3.8) is 0 Å². The van der Waals surface area contributed by atoms with Crippen LogP contribution in [0.15, 0.2) is 66.7 Å². The number of nitrogens with one attached hydrogen (secondary N) is 1. The molecule has 1 fully saturated rings. The molecule has 1 N–H and O–H groups in total. The van der Waals surface area contributed by atoms with Crippen LogP contribution in [0.2, 0.25) is 5.02 Å². The third-order valence-electron chi connectivity index (χ3n) is 6.00. The van der Waals surface area contributed by atoms with Crippen molar-refractivity contribution in [3.8, 4) is 17.2 Å². The van der Waals surface area contributed by atoms with E-state index in [0.29, 0.717) is 24.3 Å². The summed E-state index contributed by atoms with van der Waals surface area (Å²) < 4.78 is 13.5. The Labute approximate surface area is 204 Å². The first-order chi connectivity index (χ1) is 16.5. The molecular formula is C27H26ClFN4O. The van der Waals surface area contributed by atoms with Gasteiger partial charge in [-0.3, -0.25) is 0 Å². The number of hydrogen-bond donors (Lipinski definition) is 1. The largest absolute Gasteiger partial charge is 0.322 e. The molecule has 4 rings (SSSR count). The molecule has 7 heteroatoms. The molecule has 1 heterocycles. The van der Waals surface area contributed by atoms with Gasteiger partial charge in [-0.15, -0.1) is 0 Å². The average molecular weight is 477 g/mol. The van der Waals surface area contributed by atoms with Crippen LogP contribution in [0.5, 0.6) is 0 Å². The van der Waals surface area contributed by atoms with Crippen molar-refractivity contribution in [2.24, 2.45) is 0 Å². The first kappa shape index (κ1) is 23.7. The summed E-state index contributed by atoms with van der Waals surface area (Å²) in [4.78, 5) is 17.2. The Balaban J connectivity index is 1.48. The Morgan fingerprint density at radius 1 is 1.06 bits per heavy atom. The van der Waals surface area contributed by atoms with Crippen LogP contribution in [0.1, 0.15) is 24.0 Å². The van der Waals surface area contributed by atoms with Crippen molar-refractivity contribution in [1.29, 1.82) is 5.26 Å². The van der Waals surface area contributed by atoms with Crippen molar-refractivity contribution >= 4 is 23.3 Å². The van der Waals surface area contributed by atoms with Gasteiger partial charge in [-0.1, -0.05) is 48.0 Å². The fraction of sp³-hybridized carbons (Fsp3) is 0.259. The van der Waals surface area contributed by atoms with Crippen molar-refractivity contribution in [2.45, 2.75) is 19.4 Å². The Morgan fingerprint density at radius 2 is 1.82 bits per heavy atom. The Bertz CT molecular complexity index is 1190. The first-order valence-corrected chi connectivity index (χ1v) is 11.7. The summed E-state index contributed by atoms with van der Waals surface area (Å²) in [6.45, 7) is 3.93. The topological polar surface area (TPSA) is 59.4 Å². The third-order valence-corrected chi connectivity index (χ3v) is 6.28. The van der Waals surface area contributed by atoms with Gasteiger partial charge in [-0.2, -0.15) is 5.26 Å². The highest BCUT2D eigenvalue weighted by molar-refractivity contribution is 6.31. The van der Waals surface area contributed by atoms with Crippen LogP contribution < -0.4 is 5.32 Å². The lowest BCUT2D eigenvalue weighted by atomic mass is 10.0. The fourth-order valence-electron chi connectivity index (χ4n) is 4.09. The monoisotopic (exact) mass is 476 g/mol. The maximum absolute atomic E-state index is 13.5. The van der Waals surface area contributed by atoms with E-state index < -0.39 is 5.82 Å². The van der Waals surface area contributed by atoms with Crippen molar-refractivity contribution in [1.82, 2.24) is 9.80 Å². The van der Waals surface area contributed by atoms with Crippen molar-refractivity contribution in [2.75, 3.05) is 31.5 Å². The number of carbonyl (C=O) groups is 1. The van der Waals surface area contributed by atoms with E-state index in [4.69, 9.17) is 16.9 Å². The maximum Gasteiger partial charge on any atom is 0.322 e. The average Bonchev–Trinajstić information content (AvgIpc) is 3.38. The second kappa shape index (κ2) is 11.1. The number of halogens is 2. The zero-order valence-electron chi connectivity index (χ0n) is 18.8. The molecule has 0 aromatic heterocycles. The smallest absolute Gasteiger partial charge is 0.319 e. The van der Waals surface area contributed by atoms with Crippen LogP contribution in [-0.2, 0) is 6.54 Å². The number of urea groups is 1. The molecule has 0 aliphatic carbocycles. The molecule has 5 nitrogen and oxygen atoms in total. The van der Waals surface area contributed by atoms with Crippen LogP contribution in [0.3, 0.4) is 0 Å². The van der Waals surface area contributed by atoms with Gasteiger partial charge in [0, 0.05) is 25.3 Å². The molecule has 3 aromatic carbocycles. The van der Waals surface area contributed by atoms with E-state index in [9.17, 15) is 9.18 Å². The molecule has 34 heavy (non-hydrogen) atoms. The van der Waals surface area contributed by atoms with E-state index >= 15 is 0 Å². The lowest BCUT2D eigenvalue weighted by Gasteiger charge is -2.26. The van der Waals surface area contributed by atoms with Crippen LogP contribution in [-0.4, -0.2) is 42.0 Å². The van der Waals surface area contributed by atoms with Gasteiger partial charge in [0.25, 0.3) is 0 Å². The highest BCUT2D eigenvalue weighted by atomic mass is 35.5. The summed E-state index contributed by atoms with van der Waals surface area (Å²) in [5.74, 6) is -0.522. The molecule has 1 saturated heterocycles. The van der Waals surface area contributed by atoms with Crippen LogP contribution in [0.25, 0.3) is 11.1 Å². The fourth-order valence-corrected chi connectivity index (χ4v) is 4.27.